The Morgan fingerprint density at radius 1 is 1.00 bits per heavy atom. The highest BCUT2D eigenvalue weighted by Gasteiger charge is 2.48. The van der Waals surface area contributed by atoms with E-state index in [1.807, 2.05) is 0 Å². The minimum atomic E-state index is -1.31. The highest BCUT2D eigenvalue weighted by atomic mass is 19.1. The molecule has 0 aromatic heterocycles. The van der Waals surface area contributed by atoms with E-state index in [4.69, 9.17) is 14.3 Å². The molecule has 5 rings (SSSR count). The van der Waals surface area contributed by atoms with Crippen LogP contribution in [0.1, 0.15) is 57.6 Å². The Kier molecular flexibility index (Phi) is 7.28. The Morgan fingerprint density at radius 2 is 1.69 bits per heavy atom. The first-order chi connectivity index (χ1) is 18.5. The summed E-state index contributed by atoms with van der Waals surface area (Å²) in [5, 5.41) is 1.25. The number of carbonyl (C=O) groups excluding carboxylic acids is 3. The Hall–Kier alpha value is -3.60. The molecule has 0 bridgehead atoms. The van der Waals surface area contributed by atoms with Gasteiger partial charge in [-0.1, -0.05) is 0 Å². The number of hydrogen-bond acceptors (Lipinski definition) is 6. The number of rotatable bonds is 6. The van der Waals surface area contributed by atoms with Crippen molar-refractivity contribution in [3.63, 3.8) is 0 Å². The van der Waals surface area contributed by atoms with Gasteiger partial charge in [-0.15, -0.1) is 0 Å². The van der Waals surface area contributed by atoms with E-state index < -0.39 is 41.1 Å². The third-order valence-corrected chi connectivity index (χ3v) is 7.48. The zero-order valence-corrected chi connectivity index (χ0v) is 21.6. The summed E-state index contributed by atoms with van der Waals surface area (Å²) in [5.74, 6) is -3.16. The second-order valence-electron chi connectivity index (χ2n) is 10.7. The summed E-state index contributed by atoms with van der Waals surface area (Å²) in [6.45, 7) is 3.43. The van der Waals surface area contributed by atoms with Crippen LogP contribution in [0, 0.1) is 29.3 Å². The fourth-order valence-electron chi connectivity index (χ4n) is 5.34. The summed E-state index contributed by atoms with van der Waals surface area (Å²) in [6, 6.07) is 6.41. The summed E-state index contributed by atoms with van der Waals surface area (Å²) in [7, 11) is 0. The van der Waals surface area contributed by atoms with Crippen LogP contribution in [0.2, 0.25) is 0 Å². The van der Waals surface area contributed by atoms with Crippen LogP contribution >= 0.6 is 0 Å². The van der Waals surface area contributed by atoms with E-state index in [9.17, 15) is 27.6 Å². The van der Waals surface area contributed by atoms with Gasteiger partial charge in [-0.25, -0.2) is 27.9 Å². The van der Waals surface area contributed by atoms with Gasteiger partial charge in [-0.3, -0.25) is 14.4 Å². The number of hydrogen-bond donors (Lipinski definition) is 0. The van der Waals surface area contributed by atoms with Crippen molar-refractivity contribution in [1.82, 2.24) is 5.06 Å². The summed E-state index contributed by atoms with van der Waals surface area (Å²) >= 11 is 0. The number of amides is 3. The van der Waals surface area contributed by atoms with Crippen molar-refractivity contribution >= 4 is 23.6 Å². The number of ether oxygens (including phenoxy) is 2. The molecule has 39 heavy (non-hydrogen) atoms. The molecule has 3 fully saturated rings. The molecule has 2 aromatic rings. The molecule has 2 saturated heterocycles. The number of imide groups is 1. The molecule has 1 aliphatic carbocycles. The predicted molar refractivity (Wildman–Crippen MR) is 132 cm³/mol. The zero-order chi connectivity index (χ0) is 27.9. The first kappa shape index (κ1) is 27.0. The second kappa shape index (κ2) is 10.5. The molecule has 3 amide bonds. The molecule has 0 unspecified atom stereocenters. The van der Waals surface area contributed by atoms with Crippen LogP contribution in [-0.4, -0.2) is 41.8 Å². The minimum Gasteiger partial charge on any atom is -0.490 e. The van der Waals surface area contributed by atoms with Crippen molar-refractivity contribution in [2.45, 2.75) is 57.6 Å². The van der Waals surface area contributed by atoms with Crippen LogP contribution in [-0.2, 0) is 19.2 Å². The molecule has 1 atom stereocenters. The highest BCUT2D eigenvalue weighted by Crippen LogP contribution is 2.37. The van der Waals surface area contributed by atoms with Crippen molar-refractivity contribution < 1.29 is 41.9 Å². The van der Waals surface area contributed by atoms with Crippen molar-refractivity contribution in [1.29, 1.82) is 0 Å². The molecule has 8 nitrogen and oxygen atoms in total. The minimum absolute atomic E-state index is 0.0574. The lowest BCUT2D eigenvalue weighted by Gasteiger charge is -2.32. The summed E-state index contributed by atoms with van der Waals surface area (Å²) < 4.78 is 52.8. The summed E-state index contributed by atoms with van der Waals surface area (Å²) in [5.41, 5.74) is -0.798. The lowest BCUT2D eigenvalue weighted by Crippen LogP contribution is -2.37. The maximum Gasteiger partial charge on any atom is 0.422 e. The lowest BCUT2D eigenvalue weighted by molar-refractivity contribution is -0.183. The molecule has 2 aliphatic heterocycles. The fourth-order valence-corrected chi connectivity index (χ4v) is 5.34. The average Bonchev–Trinajstić information content (AvgIpc) is 3.45. The van der Waals surface area contributed by atoms with Gasteiger partial charge in [0.25, 0.3) is 5.91 Å². The van der Waals surface area contributed by atoms with E-state index >= 15 is 0 Å². The molecule has 2 aromatic carbocycles. The van der Waals surface area contributed by atoms with Gasteiger partial charge in [-0.2, -0.15) is 0 Å². The molecule has 2 heterocycles. The van der Waals surface area contributed by atoms with Gasteiger partial charge in [0, 0.05) is 24.5 Å². The normalized spacial score (nSPS) is 24.7. The maximum atomic E-state index is 14.5. The third kappa shape index (κ3) is 5.45. The molecule has 0 radical (unpaired) electrons. The van der Waals surface area contributed by atoms with Crippen LogP contribution in [0.5, 0.6) is 5.75 Å². The summed E-state index contributed by atoms with van der Waals surface area (Å²) in [6.07, 6.45) is 2.02. The van der Waals surface area contributed by atoms with Crippen molar-refractivity contribution in [2.75, 3.05) is 18.1 Å². The van der Waals surface area contributed by atoms with Gasteiger partial charge < -0.3 is 9.47 Å². The topological polar surface area (TPSA) is 85.4 Å². The van der Waals surface area contributed by atoms with Gasteiger partial charge in [-0.05, 0) is 75.3 Å². The molecule has 1 saturated carbocycles. The molecule has 0 N–H and O–H groups in total. The smallest absolute Gasteiger partial charge is 0.422 e. The van der Waals surface area contributed by atoms with Gasteiger partial charge in [0.15, 0.2) is 17.2 Å². The van der Waals surface area contributed by atoms with Gasteiger partial charge in [0.05, 0.1) is 24.9 Å². The quantitative estimate of drug-likeness (QED) is 0.479. The van der Waals surface area contributed by atoms with E-state index in [0.717, 1.165) is 17.0 Å². The zero-order valence-electron chi connectivity index (χ0n) is 21.6. The van der Waals surface area contributed by atoms with E-state index in [2.05, 4.69) is 0 Å². The van der Waals surface area contributed by atoms with Crippen LogP contribution in [0.25, 0.3) is 0 Å². The van der Waals surface area contributed by atoms with Crippen LogP contribution in [0.4, 0.5) is 23.7 Å². The maximum absolute atomic E-state index is 14.5. The Balaban J connectivity index is 1.17. The molecule has 0 spiro atoms. The van der Waals surface area contributed by atoms with E-state index in [-0.39, 0.29) is 42.4 Å². The largest absolute Gasteiger partial charge is 0.490 e. The third-order valence-electron chi connectivity index (χ3n) is 7.48. The highest BCUT2D eigenvalue weighted by molar-refractivity contribution is 6.19. The van der Waals surface area contributed by atoms with E-state index in [1.165, 1.54) is 43.2 Å². The van der Waals surface area contributed by atoms with Crippen molar-refractivity contribution in [3.05, 3.63) is 59.4 Å². The Bertz CT molecular complexity index is 1270. The Morgan fingerprint density at radius 3 is 2.33 bits per heavy atom. The number of anilines is 1. The molecule has 11 heteroatoms. The van der Waals surface area contributed by atoms with Crippen LogP contribution in [0.15, 0.2) is 36.4 Å². The molecular weight excluding hydrogens is 517 g/mol. The Labute approximate surface area is 223 Å². The fraction of sp³-hybridized carbons (Fsp3) is 0.464. The number of benzene rings is 2. The van der Waals surface area contributed by atoms with Gasteiger partial charge >= 0.3 is 6.09 Å². The number of halogens is 3. The first-order valence-corrected chi connectivity index (χ1v) is 13.0. The van der Waals surface area contributed by atoms with Crippen LogP contribution in [0.3, 0.4) is 0 Å². The number of hydroxylamine groups is 2. The molecule has 208 valence electrons. The molecule has 3 aliphatic rings. The SMILES string of the molecule is CC1(C)OC(=O)N(c2ccc(F)c(OC[C@H]3CC[C@H](C(=O)N4OCC[C@H]4c4cc(F)cc(F)c4)CC3)c2)C1=O. The second-order valence-corrected chi connectivity index (χ2v) is 10.7. The van der Waals surface area contributed by atoms with Crippen LogP contribution < -0.4 is 9.64 Å². The van der Waals surface area contributed by atoms with Crippen molar-refractivity contribution in [2.24, 2.45) is 11.8 Å². The standard InChI is InChI=1S/C28H29F3N2O6/c1-28(2)26(35)32(27(36)39-28)21-7-8-22(31)24(14-21)37-15-16-3-5-17(6-4-16)25(34)33-23(9-10-38-33)18-11-19(29)13-20(30)12-18/h7-8,11-14,16-17,23H,3-6,9-10,15H2,1-2H3/t16-,17-,23-/m0/s1. The summed E-state index contributed by atoms with van der Waals surface area (Å²) in [4.78, 5) is 44.3. The monoisotopic (exact) mass is 546 g/mol. The van der Waals surface area contributed by atoms with Crippen molar-refractivity contribution in [3.8, 4) is 5.75 Å². The predicted octanol–water partition coefficient (Wildman–Crippen LogP) is 5.46. The average molecular weight is 547 g/mol. The number of nitrogens with zero attached hydrogens (tertiary/aromatic N) is 2. The first-order valence-electron chi connectivity index (χ1n) is 13.0. The number of carbonyl (C=O) groups is 3. The van der Waals surface area contributed by atoms with Gasteiger partial charge in [0.2, 0.25) is 5.91 Å². The van der Waals surface area contributed by atoms with E-state index in [1.54, 1.807) is 0 Å². The lowest BCUT2D eigenvalue weighted by atomic mass is 9.81. The number of cyclic esters (lactones) is 1. The van der Waals surface area contributed by atoms with E-state index in [0.29, 0.717) is 37.7 Å². The molecular formula is C28H29F3N2O6. The van der Waals surface area contributed by atoms with Gasteiger partial charge in [0.1, 0.15) is 11.6 Å².